The molecule has 1 N–H and O–H groups in total. The minimum atomic E-state index is -0.378. The number of halogens is 2. The fourth-order valence-corrected chi connectivity index (χ4v) is 3.84. The maximum atomic E-state index is 13.5. The molecule has 3 rings (SSSR count). The van der Waals surface area contributed by atoms with Gasteiger partial charge >= 0.3 is 0 Å². The van der Waals surface area contributed by atoms with Gasteiger partial charge in [-0.3, -0.25) is 9.48 Å². The molecular weight excluding hydrogens is 375 g/mol. The van der Waals surface area contributed by atoms with Crippen LogP contribution in [0.25, 0.3) is 0 Å². The summed E-state index contributed by atoms with van der Waals surface area (Å²) in [6, 6.07) is 6.17. The smallest absolute Gasteiger partial charge is 0.274 e. The van der Waals surface area contributed by atoms with E-state index in [1.54, 1.807) is 23.0 Å². The molecule has 0 saturated heterocycles. The van der Waals surface area contributed by atoms with Gasteiger partial charge in [0, 0.05) is 23.7 Å². The standard InChI is InChI=1S/C18H18ClFN4OS/c1-10(2)24-15(4-5-21-24)17(25)23-18-11(3)22-16(26-18)8-12-6-13(19)9-14(20)7-12/h4-7,9-10H,8H2,1-3H3,(H,23,25). The number of nitrogens with one attached hydrogen (secondary N) is 1. The van der Waals surface area contributed by atoms with Crippen molar-refractivity contribution in [1.29, 1.82) is 0 Å². The van der Waals surface area contributed by atoms with Crippen LogP contribution >= 0.6 is 22.9 Å². The molecule has 2 aromatic heterocycles. The van der Waals surface area contributed by atoms with E-state index in [1.165, 1.54) is 23.5 Å². The molecular formula is C18H18ClFN4OS. The van der Waals surface area contributed by atoms with Crippen molar-refractivity contribution in [3.8, 4) is 0 Å². The summed E-state index contributed by atoms with van der Waals surface area (Å²) in [4.78, 5) is 17.0. The average Bonchev–Trinajstić information content (AvgIpc) is 3.14. The van der Waals surface area contributed by atoms with Gasteiger partial charge in [0.1, 0.15) is 16.5 Å². The molecule has 2 heterocycles. The third-order valence-corrected chi connectivity index (χ3v) is 5.03. The largest absolute Gasteiger partial charge is 0.311 e. The number of carbonyl (C=O) groups excluding carboxylic acids is 1. The highest BCUT2D eigenvalue weighted by Gasteiger charge is 2.17. The maximum absolute atomic E-state index is 13.5. The monoisotopic (exact) mass is 392 g/mol. The summed E-state index contributed by atoms with van der Waals surface area (Å²) in [7, 11) is 0. The summed E-state index contributed by atoms with van der Waals surface area (Å²) in [6.07, 6.45) is 2.05. The van der Waals surface area contributed by atoms with Gasteiger partial charge in [-0.2, -0.15) is 5.10 Å². The van der Waals surface area contributed by atoms with E-state index in [9.17, 15) is 9.18 Å². The third kappa shape index (κ3) is 4.11. The maximum Gasteiger partial charge on any atom is 0.274 e. The lowest BCUT2D eigenvalue weighted by Crippen LogP contribution is -2.18. The first-order valence-corrected chi connectivity index (χ1v) is 9.29. The highest BCUT2D eigenvalue weighted by atomic mass is 35.5. The number of nitrogens with zero attached hydrogens (tertiary/aromatic N) is 3. The van der Waals surface area contributed by atoms with Crippen molar-refractivity contribution in [3.63, 3.8) is 0 Å². The van der Waals surface area contributed by atoms with E-state index in [0.29, 0.717) is 22.1 Å². The Morgan fingerprint density at radius 2 is 2.15 bits per heavy atom. The highest BCUT2D eigenvalue weighted by molar-refractivity contribution is 7.16. The second-order valence-corrected chi connectivity index (χ2v) is 7.71. The van der Waals surface area contributed by atoms with Crippen molar-refractivity contribution >= 4 is 33.8 Å². The number of hydrogen-bond donors (Lipinski definition) is 1. The fraction of sp³-hybridized carbons (Fsp3) is 0.278. The Morgan fingerprint density at radius 1 is 1.38 bits per heavy atom. The lowest BCUT2D eigenvalue weighted by atomic mass is 10.1. The number of hydrogen-bond acceptors (Lipinski definition) is 4. The Morgan fingerprint density at radius 3 is 2.85 bits per heavy atom. The predicted molar refractivity (Wildman–Crippen MR) is 102 cm³/mol. The zero-order valence-corrected chi connectivity index (χ0v) is 16.2. The number of amides is 1. The summed E-state index contributed by atoms with van der Waals surface area (Å²) in [5, 5.41) is 8.86. The van der Waals surface area contributed by atoms with Gasteiger partial charge < -0.3 is 5.32 Å². The van der Waals surface area contributed by atoms with Crippen LogP contribution in [0.2, 0.25) is 5.02 Å². The SMILES string of the molecule is Cc1nc(Cc2cc(F)cc(Cl)c2)sc1NC(=O)c1ccnn1C(C)C. The van der Waals surface area contributed by atoms with Crippen LogP contribution in [0.5, 0.6) is 0 Å². The number of anilines is 1. The Bertz CT molecular complexity index is 930. The van der Waals surface area contributed by atoms with Crippen LogP contribution in [0.15, 0.2) is 30.5 Å². The van der Waals surface area contributed by atoms with Crippen molar-refractivity contribution in [1.82, 2.24) is 14.8 Å². The molecule has 0 aliphatic rings. The number of carbonyl (C=O) groups is 1. The molecule has 0 atom stereocenters. The molecule has 0 bridgehead atoms. The Kier molecular flexibility index (Phi) is 5.38. The fourth-order valence-electron chi connectivity index (χ4n) is 2.60. The number of thiazole rings is 1. The van der Waals surface area contributed by atoms with Crippen molar-refractivity contribution in [2.24, 2.45) is 0 Å². The molecule has 0 saturated carbocycles. The number of rotatable bonds is 5. The minimum absolute atomic E-state index is 0.0848. The lowest BCUT2D eigenvalue weighted by molar-refractivity contribution is 0.101. The van der Waals surface area contributed by atoms with Gasteiger partial charge in [0.15, 0.2) is 0 Å². The molecule has 0 fully saturated rings. The van der Waals surface area contributed by atoms with Crippen molar-refractivity contribution < 1.29 is 9.18 Å². The van der Waals surface area contributed by atoms with E-state index in [4.69, 9.17) is 11.6 Å². The van der Waals surface area contributed by atoms with Crippen LogP contribution in [0, 0.1) is 12.7 Å². The van der Waals surface area contributed by atoms with Gasteiger partial charge in [0.25, 0.3) is 5.91 Å². The molecule has 3 aromatic rings. The summed E-state index contributed by atoms with van der Waals surface area (Å²) >= 11 is 7.26. The predicted octanol–water partition coefficient (Wildman–Crippen LogP) is 4.86. The van der Waals surface area contributed by atoms with E-state index in [0.717, 1.165) is 16.3 Å². The molecule has 8 heteroatoms. The Balaban J connectivity index is 1.78. The first-order valence-electron chi connectivity index (χ1n) is 8.09. The van der Waals surface area contributed by atoms with Crippen LogP contribution in [-0.2, 0) is 6.42 Å². The van der Waals surface area contributed by atoms with Gasteiger partial charge in [0.05, 0.1) is 10.7 Å². The van der Waals surface area contributed by atoms with Crippen LogP contribution in [-0.4, -0.2) is 20.7 Å². The summed E-state index contributed by atoms with van der Waals surface area (Å²) in [5.41, 5.74) is 1.95. The topological polar surface area (TPSA) is 59.8 Å². The first kappa shape index (κ1) is 18.5. The molecule has 0 aliphatic carbocycles. The van der Waals surface area contributed by atoms with E-state index in [1.807, 2.05) is 20.8 Å². The van der Waals surface area contributed by atoms with Crippen LogP contribution in [0.4, 0.5) is 9.39 Å². The van der Waals surface area contributed by atoms with Crippen molar-refractivity contribution in [2.75, 3.05) is 5.32 Å². The van der Waals surface area contributed by atoms with Crippen LogP contribution in [0.1, 0.15) is 46.6 Å². The summed E-state index contributed by atoms with van der Waals surface area (Å²) in [5.74, 6) is -0.612. The summed E-state index contributed by atoms with van der Waals surface area (Å²) in [6.45, 7) is 5.75. The second-order valence-electron chi connectivity index (χ2n) is 6.19. The summed E-state index contributed by atoms with van der Waals surface area (Å²) < 4.78 is 15.1. The number of benzene rings is 1. The highest BCUT2D eigenvalue weighted by Crippen LogP contribution is 2.27. The molecule has 0 unspecified atom stereocenters. The third-order valence-electron chi connectivity index (χ3n) is 3.74. The van der Waals surface area contributed by atoms with E-state index >= 15 is 0 Å². The van der Waals surface area contributed by atoms with E-state index in [2.05, 4.69) is 15.4 Å². The van der Waals surface area contributed by atoms with Gasteiger partial charge in [-0.15, -0.1) is 11.3 Å². The van der Waals surface area contributed by atoms with E-state index in [-0.39, 0.29) is 17.8 Å². The van der Waals surface area contributed by atoms with Crippen LogP contribution < -0.4 is 5.32 Å². The molecule has 0 radical (unpaired) electrons. The zero-order chi connectivity index (χ0) is 18.8. The zero-order valence-electron chi connectivity index (χ0n) is 14.6. The molecule has 5 nitrogen and oxygen atoms in total. The van der Waals surface area contributed by atoms with Crippen LogP contribution in [0.3, 0.4) is 0 Å². The minimum Gasteiger partial charge on any atom is -0.311 e. The van der Waals surface area contributed by atoms with Gasteiger partial charge in [-0.1, -0.05) is 11.6 Å². The Hall–Kier alpha value is -2.25. The second kappa shape index (κ2) is 7.55. The molecule has 1 aromatic carbocycles. The molecule has 0 aliphatic heterocycles. The lowest BCUT2D eigenvalue weighted by Gasteiger charge is -2.10. The van der Waals surface area contributed by atoms with Gasteiger partial charge in [-0.05, 0) is 50.6 Å². The quantitative estimate of drug-likeness (QED) is 0.674. The van der Waals surface area contributed by atoms with E-state index < -0.39 is 0 Å². The number of aromatic nitrogens is 3. The van der Waals surface area contributed by atoms with Gasteiger partial charge in [-0.25, -0.2) is 9.37 Å². The van der Waals surface area contributed by atoms with Crippen molar-refractivity contribution in [3.05, 3.63) is 63.3 Å². The molecule has 26 heavy (non-hydrogen) atoms. The molecule has 1 amide bonds. The van der Waals surface area contributed by atoms with Gasteiger partial charge in [0.2, 0.25) is 0 Å². The first-order chi connectivity index (χ1) is 12.3. The molecule has 136 valence electrons. The average molecular weight is 393 g/mol. The number of aryl methyl sites for hydroxylation is 1. The van der Waals surface area contributed by atoms with Crippen molar-refractivity contribution in [2.45, 2.75) is 33.2 Å². The Labute approximate surface area is 159 Å². The normalized spacial score (nSPS) is 11.2. The molecule has 0 spiro atoms.